The fourth-order valence-corrected chi connectivity index (χ4v) is 2.59. The third-order valence-corrected chi connectivity index (χ3v) is 3.70. The molecule has 1 N–H and O–H groups in total. The van der Waals surface area contributed by atoms with Gasteiger partial charge in [-0.2, -0.15) is 0 Å². The van der Waals surface area contributed by atoms with Gasteiger partial charge in [-0.15, -0.1) is 0 Å². The first-order valence-electron chi connectivity index (χ1n) is 7.20. The first kappa shape index (κ1) is 16.9. The quantitative estimate of drug-likeness (QED) is 0.695. The van der Waals surface area contributed by atoms with Gasteiger partial charge in [0.25, 0.3) is 0 Å². The van der Waals surface area contributed by atoms with Crippen LogP contribution in [0.1, 0.15) is 19.8 Å². The Bertz CT molecular complexity index is 241. The molecule has 1 aliphatic rings. The van der Waals surface area contributed by atoms with E-state index in [9.17, 15) is 5.11 Å². The molecule has 1 heterocycles. The summed E-state index contributed by atoms with van der Waals surface area (Å²) in [5.74, 6) is 0. The lowest BCUT2D eigenvalue weighted by Gasteiger charge is -2.36. The highest BCUT2D eigenvalue weighted by Crippen LogP contribution is 2.13. The molecule has 0 aromatic rings. The van der Waals surface area contributed by atoms with Gasteiger partial charge in [0, 0.05) is 26.2 Å². The molecule has 1 rings (SSSR count). The molecule has 3 unspecified atom stereocenters. The van der Waals surface area contributed by atoms with Gasteiger partial charge in [0.2, 0.25) is 0 Å². The zero-order chi connectivity index (χ0) is 14.3. The summed E-state index contributed by atoms with van der Waals surface area (Å²) >= 11 is 0. The van der Waals surface area contributed by atoms with Crippen LogP contribution in [0.15, 0.2) is 0 Å². The van der Waals surface area contributed by atoms with Crippen molar-refractivity contribution in [2.24, 2.45) is 0 Å². The molecule has 1 aliphatic heterocycles. The van der Waals surface area contributed by atoms with Crippen LogP contribution in [0.4, 0.5) is 0 Å². The molecule has 0 aromatic heterocycles. The summed E-state index contributed by atoms with van der Waals surface area (Å²) in [6.45, 7) is 5.83. The summed E-state index contributed by atoms with van der Waals surface area (Å²) in [5.41, 5.74) is 0. The third-order valence-electron chi connectivity index (χ3n) is 3.70. The normalized spacial score (nSPS) is 24.6. The highest BCUT2D eigenvalue weighted by atomic mass is 16.5. The molecule has 0 saturated carbocycles. The van der Waals surface area contributed by atoms with Crippen LogP contribution >= 0.6 is 0 Å². The second-order valence-electron chi connectivity index (χ2n) is 5.75. The predicted molar refractivity (Wildman–Crippen MR) is 76.4 cm³/mol. The molecule has 0 aromatic carbocycles. The van der Waals surface area contributed by atoms with Gasteiger partial charge in [0.15, 0.2) is 0 Å². The summed E-state index contributed by atoms with van der Waals surface area (Å²) < 4.78 is 10.5. The number of methoxy groups -OCH3 is 1. The SMILES string of the molecule is COCC(C)OCC(O)CN(C)C1CCCN(C)C1. The van der Waals surface area contributed by atoms with E-state index in [0.29, 0.717) is 25.8 Å². The molecule has 1 fully saturated rings. The minimum absolute atomic E-state index is 0.0331. The van der Waals surface area contributed by atoms with Gasteiger partial charge in [0.05, 0.1) is 25.4 Å². The Hall–Kier alpha value is -0.200. The smallest absolute Gasteiger partial charge is 0.0900 e. The van der Waals surface area contributed by atoms with Crippen LogP contribution in [0.5, 0.6) is 0 Å². The van der Waals surface area contributed by atoms with Gasteiger partial charge >= 0.3 is 0 Å². The highest BCUT2D eigenvalue weighted by molar-refractivity contribution is 4.78. The topological polar surface area (TPSA) is 45.2 Å². The van der Waals surface area contributed by atoms with Gasteiger partial charge < -0.3 is 19.5 Å². The van der Waals surface area contributed by atoms with Crippen molar-refractivity contribution in [3.63, 3.8) is 0 Å². The number of ether oxygens (including phenoxy) is 2. The van der Waals surface area contributed by atoms with E-state index in [4.69, 9.17) is 9.47 Å². The maximum atomic E-state index is 10.0. The zero-order valence-corrected chi connectivity index (χ0v) is 12.8. The maximum Gasteiger partial charge on any atom is 0.0900 e. The fourth-order valence-electron chi connectivity index (χ4n) is 2.59. The molecule has 5 heteroatoms. The minimum atomic E-state index is -0.434. The molecule has 0 aliphatic carbocycles. The van der Waals surface area contributed by atoms with E-state index in [-0.39, 0.29) is 6.10 Å². The van der Waals surface area contributed by atoms with Gasteiger partial charge in [-0.25, -0.2) is 0 Å². The van der Waals surface area contributed by atoms with E-state index >= 15 is 0 Å². The number of nitrogens with zero attached hydrogens (tertiary/aromatic N) is 2. The monoisotopic (exact) mass is 274 g/mol. The Kier molecular flexibility index (Phi) is 7.87. The lowest BCUT2D eigenvalue weighted by Crippen LogP contribution is -2.47. The largest absolute Gasteiger partial charge is 0.389 e. The van der Waals surface area contributed by atoms with Crippen LogP contribution in [0.25, 0.3) is 0 Å². The van der Waals surface area contributed by atoms with E-state index in [0.717, 1.165) is 6.54 Å². The Morgan fingerprint density at radius 3 is 2.79 bits per heavy atom. The first-order valence-corrected chi connectivity index (χ1v) is 7.20. The number of likely N-dealkylation sites (tertiary alicyclic amines) is 1. The molecule has 0 bridgehead atoms. The second-order valence-corrected chi connectivity index (χ2v) is 5.75. The minimum Gasteiger partial charge on any atom is -0.389 e. The van der Waals surface area contributed by atoms with Crippen molar-refractivity contribution in [3.8, 4) is 0 Å². The maximum absolute atomic E-state index is 10.0. The van der Waals surface area contributed by atoms with Crippen LogP contribution < -0.4 is 0 Å². The number of rotatable bonds is 8. The van der Waals surface area contributed by atoms with Crippen molar-refractivity contribution < 1.29 is 14.6 Å². The van der Waals surface area contributed by atoms with Crippen LogP contribution in [-0.4, -0.2) is 87.2 Å². The van der Waals surface area contributed by atoms with E-state index in [1.165, 1.54) is 19.4 Å². The second kappa shape index (κ2) is 8.87. The van der Waals surface area contributed by atoms with Gasteiger partial charge in [-0.3, -0.25) is 4.90 Å². The van der Waals surface area contributed by atoms with Gasteiger partial charge in [-0.05, 0) is 40.4 Å². The number of hydrogen-bond acceptors (Lipinski definition) is 5. The van der Waals surface area contributed by atoms with Gasteiger partial charge in [0.1, 0.15) is 0 Å². The molecule has 0 spiro atoms. The van der Waals surface area contributed by atoms with Crippen LogP contribution in [-0.2, 0) is 9.47 Å². The van der Waals surface area contributed by atoms with Crippen LogP contribution in [0, 0.1) is 0 Å². The Balaban J connectivity index is 2.21. The van der Waals surface area contributed by atoms with Crippen molar-refractivity contribution in [1.82, 2.24) is 9.80 Å². The lowest BCUT2D eigenvalue weighted by molar-refractivity contribution is -0.0425. The molecular formula is C14H30N2O3. The molecule has 0 amide bonds. The fraction of sp³-hybridized carbons (Fsp3) is 1.00. The summed E-state index contributed by atoms with van der Waals surface area (Å²) in [5, 5.41) is 10.0. The van der Waals surface area contributed by atoms with Crippen molar-refractivity contribution >= 4 is 0 Å². The summed E-state index contributed by atoms with van der Waals surface area (Å²) in [6, 6.07) is 0.546. The average Bonchev–Trinajstić information content (AvgIpc) is 2.36. The molecule has 1 saturated heterocycles. The van der Waals surface area contributed by atoms with Crippen molar-refractivity contribution in [1.29, 1.82) is 0 Å². The molecule has 19 heavy (non-hydrogen) atoms. The molecule has 114 valence electrons. The Labute approximate surface area is 117 Å². The molecular weight excluding hydrogens is 244 g/mol. The number of aliphatic hydroxyl groups excluding tert-OH is 1. The van der Waals surface area contributed by atoms with E-state index < -0.39 is 6.10 Å². The molecule has 0 radical (unpaired) electrons. The van der Waals surface area contributed by atoms with Gasteiger partial charge in [-0.1, -0.05) is 0 Å². The third kappa shape index (κ3) is 6.68. The van der Waals surface area contributed by atoms with E-state index in [2.05, 4.69) is 23.9 Å². The Morgan fingerprint density at radius 1 is 1.42 bits per heavy atom. The van der Waals surface area contributed by atoms with Crippen molar-refractivity contribution in [2.45, 2.75) is 38.0 Å². The summed E-state index contributed by atoms with van der Waals surface area (Å²) in [6.07, 6.45) is 2.06. The number of piperidine rings is 1. The Morgan fingerprint density at radius 2 is 2.16 bits per heavy atom. The number of likely N-dealkylation sites (N-methyl/N-ethyl adjacent to an activating group) is 2. The van der Waals surface area contributed by atoms with E-state index in [1.807, 2.05) is 6.92 Å². The molecule has 3 atom stereocenters. The summed E-state index contributed by atoms with van der Waals surface area (Å²) in [4.78, 5) is 4.61. The number of hydrogen-bond donors (Lipinski definition) is 1. The summed E-state index contributed by atoms with van der Waals surface area (Å²) in [7, 11) is 5.90. The zero-order valence-electron chi connectivity index (χ0n) is 12.8. The van der Waals surface area contributed by atoms with E-state index in [1.54, 1.807) is 7.11 Å². The number of aliphatic hydroxyl groups is 1. The standard InChI is InChI=1S/C14H30N2O3/c1-12(10-18-4)19-11-14(17)9-16(3)13-6-5-7-15(2)8-13/h12-14,17H,5-11H2,1-4H3. The van der Waals surface area contributed by atoms with Crippen molar-refractivity contribution in [3.05, 3.63) is 0 Å². The lowest BCUT2D eigenvalue weighted by atomic mass is 10.0. The van der Waals surface area contributed by atoms with Crippen LogP contribution in [0.2, 0.25) is 0 Å². The highest BCUT2D eigenvalue weighted by Gasteiger charge is 2.22. The first-order chi connectivity index (χ1) is 9.02. The van der Waals surface area contributed by atoms with Crippen LogP contribution in [0.3, 0.4) is 0 Å². The molecule has 5 nitrogen and oxygen atoms in total. The van der Waals surface area contributed by atoms with Crippen molar-refractivity contribution in [2.75, 3.05) is 54.1 Å². The predicted octanol–water partition coefficient (Wildman–Crippen LogP) is 0.425. The average molecular weight is 274 g/mol.